The van der Waals surface area contributed by atoms with Crippen LogP contribution < -0.4 is 0 Å². The van der Waals surface area contributed by atoms with Crippen LogP contribution in [0.25, 0.3) is 6.08 Å². The molecule has 0 aliphatic heterocycles. The maximum atomic E-state index is 13.2. The minimum absolute atomic E-state index is 0.176. The van der Waals surface area contributed by atoms with Gasteiger partial charge in [0.05, 0.1) is 0 Å². The van der Waals surface area contributed by atoms with Crippen molar-refractivity contribution in [2.24, 2.45) is 11.8 Å². The number of hydrogen-bond acceptors (Lipinski definition) is 3. The first kappa shape index (κ1) is 23.6. The van der Waals surface area contributed by atoms with Crippen LogP contribution in [0.15, 0.2) is 35.9 Å². The molecule has 170 valence electrons. The molecule has 0 heterocycles. The molecule has 4 heteroatoms. The van der Waals surface area contributed by atoms with Crippen LogP contribution in [-0.4, -0.2) is 34.5 Å². The van der Waals surface area contributed by atoms with Gasteiger partial charge < -0.3 is 14.4 Å². The Kier molecular flexibility index (Phi) is 7.61. The van der Waals surface area contributed by atoms with Gasteiger partial charge in [0, 0.05) is 24.4 Å². The van der Waals surface area contributed by atoms with Gasteiger partial charge in [0.1, 0.15) is 11.4 Å². The van der Waals surface area contributed by atoms with Crippen LogP contribution in [0.3, 0.4) is 0 Å². The summed E-state index contributed by atoms with van der Waals surface area (Å²) in [6.07, 6.45) is 8.75. The third-order valence-electron chi connectivity index (χ3n) is 6.54. The van der Waals surface area contributed by atoms with Gasteiger partial charge in [-0.05, 0) is 77.7 Å². The third-order valence-corrected chi connectivity index (χ3v) is 6.54. The molecule has 4 nitrogen and oxygen atoms in total. The summed E-state index contributed by atoms with van der Waals surface area (Å²) in [5.74, 6) is 1.15. The average Bonchev–Trinajstić information content (AvgIpc) is 3.46. The van der Waals surface area contributed by atoms with Gasteiger partial charge in [0.25, 0.3) is 0 Å². The van der Waals surface area contributed by atoms with E-state index in [-0.39, 0.29) is 24.0 Å². The van der Waals surface area contributed by atoms with Crippen LogP contribution in [-0.2, 0) is 9.53 Å². The number of ether oxygens (including phenoxy) is 1. The maximum absolute atomic E-state index is 13.2. The number of nitrogens with zero attached hydrogens (tertiary/aromatic N) is 1. The second-order valence-electron chi connectivity index (χ2n) is 10.4. The van der Waals surface area contributed by atoms with E-state index in [4.69, 9.17) is 4.74 Å². The van der Waals surface area contributed by atoms with Gasteiger partial charge in [0.15, 0.2) is 0 Å². The minimum Gasteiger partial charge on any atom is -0.444 e. The van der Waals surface area contributed by atoms with Gasteiger partial charge in [-0.15, -0.1) is 0 Å². The van der Waals surface area contributed by atoms with Crippen LogP contribution in [0.1, 0.15) is 85.1 Å². The zero-order valence-electron chi connectivity index (χ0n) is 19.9. The zero-order chi connectivity index (χ0) is 22.6. The quantitative estimate of drug-likeness (QED) is 0.492. The van der Waals surface area contributed by atoms with Crippen molar-refractivity contribution in [2.45, 2.75) is 97.2 Å². The number of rotatable bonds is 7. The SMILES string of the molecule is CC/C(=C\c1ccccc1)[C@@H]1C[C@H]1N(C(=O)OC(C)(C)C)C1CCC(CC(C)=O)CC1. The minimum atomic E-state index is -0.501. The summed E-state index contributed by atoms with van der Waals surface area (Å²) in [7, 11) is 0. The second kappa shape index (κ2) is 10.0. The Labute approximate surface area is 188 Å². The predicted octanol–water partition coefficient (Wildman–Crippen LogP) is 6.64. The normalized spacial score (nSPS) is 26.3. The summed E-state index contributed by atoms with van der Waals surface area (Å²) in [6, 6.07) is 10.9. The molecule has 2 aliphatic carbocycles. The largest absolute Gasteiger partial charge is 0.444 e. The smallest absolute Gasteiger partial charge is 0.410 e. The van der Waals surface area contributed by atoms with E-state index in [2.05, 4.69) is 42.2 Å². The highest BCUT2D eigenvalue weighted by Gasteiger charge is 2.49. The van der Waals surface area contributed by atoms with Crippen molar-refractivity contribution in [1.29, 1.82) is 0 Å². The Bertz CT molecular complexity index is 784. The molecule has 2 aliphatic rings. The standard InChI is InChI=1S/C27H39NO3/c1-6-22(17-20-10-8-7-9-11-20)24-18-25(24)28(26(30)31-27(3,4)5)23-14-12-21(13-15-23)16-19(2)29/h7-11,17,21,23-25H,6,12-16,18H2,1-5H3/b22-17+/t21?,23?,24-,25+/m0/s1. The Morgan fingerprint density at radius 3 is 2.29 bits per heavy atom. The summed E-state index contributed by atoms with van der Waals surface area (Å²) in [5, 5.41) is 0. The summed E-state index contributed by atoms with van der Waals surface area (Å²) in [6.45, 7) is 9.69. The highest BCUT2D eigenvalue weighted by atomic mass is 16.6. The van der Waals surface area contributed by atoms with E-state index in [1.807, 2.05) is 26.8 Å². The number of benzene rings is 1. The molecule has 0 aromatic heterocycles. The van der Waals surface area contributed by atoms with Crippen molar-refractivity contribution in [3.05, 3.63) is 41.5 Å². The van der Waals surface area contributed by atoms with E-state index >= 15 is 0 Å². The first-order valence-corrected chi connectivity index (χ1v) is 11.9. The van der Waals surface area contributed by atoms with Crippen LogP contribution in [0.5, 0.6) is 0 Å². The maximum Gasteiger partial charge on any atom is 0.410 e. The average molecular weight is 426 g/mol. The number of hydrogen-bond donors (Lipinski definition) is 0. The molecule has 31 heavy (non-hydrogen) atoms. The van der Waals surface area contributed by atoms with Crippen LogP contribution >= 0.6 is 0 Å². The molecule has 0 bridgehead atoms. The Balaban J connectivity index is 1.74. The molecule has 0 radical (unpaired) electrons. The third kappa shape index (κ3) is 6.69. The van der Waals surface area contributed by atoms with Crippen molar-refractivity contribution in [3.63, 3.8) is 0 Å². The molecule has 0 unspecified atom stereocenters. The first-order valence-electron chi connectivity index (χ1n) is 11.9. The monoisotopic (exact) mass is 425 g/mol. The van der Waals surface area contributed by atoms with Crippen LogP contribution in [0, 0.1) is 11.8 Å². The van der Waals surface area contributed by atoms with Crippen molar-refractivity contribution in [3.8, 4) is 0 Å². The van der Waals surface area contributed by atoms with Crippen LogP contribution in [0.2, 0.25) is 0 Å². The lowest BCUT2D eigenvalue weighted by molar-refractivity contribution is -0.118. The molecule has 2 atom stereocenters. The molecule has 1 amide bonds. The molecule has 0 N–H and O–H groups in total. The van der Waals surface area contributed by atoms with E-state index in [9.17, 15) is 9.59 Å². The van der Waals surface area contributed by atoms with E-state index in [1.54, 1.807) is 6.92 Å². The molecule has 2 saturated carbocycles. The fourth-order valence-electron chi connectivity index (χ4n) is 5.03. The van der Waals surface area contributed by atoms with Crippen molar-refractivity contribution in [2.75, 3.05) is 0 Å². The number of carbonyl (C=O) groups is 2. The first-order chi connectivity index (χ1) is 14.7. The van der Waals surface area contributed by atoms with Gasteiger partial charge in [-0.2, -0.15) is 0 Å². The predicted molar refractivity (Wildman–Crippen MR) is 126 cm³/mol. The molecule has 0 spiro atoms. The fourth-order valence-corrected chi connectivity index (χ4v) is 5.03. The van der Waals surface area contributed by atoms with E-state index in [0.29, 0.717) is 18.3 Å². The number of amides is 1. The Hall–Kier alpha value is -2.10. The zero-order valence-corrected chi connectivity index (χ0v) is 19.9. The summed E-state index contributed by atoms with van der Waals surface area (Å²) < 4.78 is 5.84. The number of ketones is 1. The summed E-state index contributed by atoms with van der Waals surface area (Å²) >= 11 is 0. The van der Waals surface area contributed by atoms with Gasteiger partial charge in [0.2, 0.25) is 0 Å². The van der Waals surface area contributed by atoms with E-state index in [1.165, 1.54) is 11.1 Å². The summed E-state index contributed by atoms with van der Waals surface area (Å²) in [4.78, 5) is 26.8. The van der Waals surface area contributed by atoms with Crippen molar-refractivity contribution >= 4 is 18.0 Å². The molecule has 1 aromatic carbocycles. The Morgan fingerprint density at radius 2 is 1.74 bits per heavy atom. The van der Waals surface area contributed by atoms with Gasteiger partial charge in [-0.25, -0.2) is 4.79 Å². The van der Waals surface area contributed by atoms with Gasteiger partial charge in [-0.3, -0.25) is 0 Å². The molecule has 1 aromatic rings. The van der Waals surface area contributed by atoms with E-state index < -0.39 is 5.60 Å². The van der Waals surface area contributed by atoms with Crippen molar-refractivity contribution < 1.29 is 14.3 Å². The molecule has 0 saturated heterocycles. The van der Waals surface area contributed by atoms with Gasteiger partial charge >= 0.3 is 6.09 Å². The topological polar surface area (TPSA) is 46.6 Å². The number of Topliss-reactive ketones (excluding diaryl/α,β-unsaturated/α-hetero) is 1. The molecule has 3 rings (SSSR count). The van der Waals surface area contributed by atoms with Gasteiger partial charge in [-0.1, -0.05) is 48.9 Å². The lowest BCUT2D eigenvalue weighted by atomic mass is 9.82. The summed E-state index contributed by atoms with van der Waals surface area (Å²) in [5.41, 5.74) is 2.13. The molecule has 2 fully saturated rings. The molecular formula is C27H39NO3. The second-order valence-corrected chi connectivity index (χ2v) is 10.4. The lowest BCUT2D eigenvalue weighted by Crippen LogP contribution is -2.47. The lowest BCUT2D eigenvalue weighted by Gasteiger charge is -2.38. The van der Waals surface area contributed by atoms with Crippen molar-refractivity contribution in [1.82, 2.24) is 4.90 Å². The van der Waals surface area contributed by atoms with E-state index in [0.717, 1.165) is 38.5 Å². The highest BCUT2D eigenvalue weighted by molar-refractivity contribution is 5.75. The fraction of sp³-hybridized carbons (Fsp3) is 0.630. The highest BCUT2D eigenvalue weighted by Crippen LogP contribution is 2.46. The number of carbonyl (C=O) groups excluding carboxylic acids is 2. The van der Waals surface area contributed by atoms with Crippen LogP contribution in [0.4, 0.5) is 4.79 Å². The molecular weight excluding hydrogens is 386 g/mol. The Morgan fingerprint density at radius 1 is 1.10 bits per heavy atom.